The van der Waals surface area contributed by atoms with Gasteiger partial charge in [-0.3, -0.25) is 4.79 Å². The van der Waals surface area contributed by atoms with Gasteiger partial charge < -0.3 is 15.1 Å². The number of aromatic nitrogens is 1. The zero-order valence-corrected chi connectivity index (χ0v) is 19.7. The van der Waals surface area contributed by atoms with Crippen LogP contribution in [-0.2, 0) is 4.84 Å². The van der Waals surface area contributed by atoms with Crippen molar-refractivity contribution in [3.8, 4) is 0 Å². The van der Waals surface area contributed by atoms with Crippen LogP contribution in [0.25, 0.3) is 0 Å². The van der Waals surface area contributed by atoms with Crippen molar-refractivity contribution in [1.82, 2.24) is 20.3 Å². The average molecular weight is 447 g/mol. The van der Waals surface area contributed by atoms with E-state index in [9.17, 15) is 9.59 Å². The number of carbonyl (C=O) groups is 2. The monoisotopic (exact) mass is 446 g/mol. The molecule has 1 atom stereocenters. The van der Waals surface area contributed by atoms with Crippen molar-refractivity contribution >= 4 is 23.3 Å². The Balaban J connectivity index is 1.33. The van der Waals surface area contributed by atoms with E-state index in [-0.39, 0.29) is 11.4 Å². The number of hydroxylamine groups is 2. The molecule has 1 N–H and O–H groups in total. The zero-order valence-electron chi connectivity index (χ0n) is 18.9. The molecule has 2 aliphatic heterocycles. The number of hydrogen-bond acceptors (Lipinski definition) is 6. The predicted octanol–water partition coefficient (Wildman–Crippen LogP) is 4.68. The Morgan fingerprint density at radius 1 is 1.10 bits per heavy atom. The molecule has 1 aliphatic carbocycles. The van der Waals surface area contributed by atoms with Gasteiger partial charge >= 0.3 is 6.09 Å². The second kappa shape index (κ2) is 9.28. The van der Waals surface area contributed by atoms with Crippen LogP contribution in [0.5, 0.6) is 0 Å². The molecule has 0 bridgehead atoms. The summed E-state index contributed by atoms with van der Waals surface area (Å²) in [6.45, 7) is 7.93. The van der Waals surface area contributed by atoms with Crippen LogP contribution in [0.2, 0.25) is 0 Å². The lowest BCUT2D eigenvalue weighted by atomic mass is 9.85. The molecule has 2 saturated heterocycles. The normalized spacial score (nSPS) is 23.1. The van der Waals surface area contributed by atoms with Crippen LogP contribution in [0.3, 0.4) is 0 Å². The number of nitrogens with zero attached hydrogens (tertiary/aromatic N) is 3. The first-order valence-corrected chi connectivity index (χ1v) is 12.4. The maximum atomic E-state index is 13.2. The van der Waals surface area contributed by atoms with Crippen molar-refractivity contribution in [3.05, 3.63) is 27.9 Å². The van der Waals surface area contributed by atoms with E-state index in [4.69, 9.17) is 9.82 Å². The zero-order chi connectivity index (χ0) is 22.0. The minimum atomic E-state index is -0.412. The van der Waals surface area contributed by atoms with E-state index in [2.05, 4.69) is 11.4 Å². The summed E-state index contributed by atoms with van der Waals surface area (Å²) in [6.07, 6.45) is 9.37. The average Bonchev–Trinajstić information content (AvgIpc) is 3.22. The smallest absolute Gasteiger partial charge is 0.351 e. The highest BCUT2D eigenvalue weighted by Gasteiger charge is 2.33. The van der Waals surface area contributed by atoms with E-state index in [1.165, 1.54) is 25.0 Å². The summed E-state index contributed by atoms with van der Waals surface area (Å²) < 4.78 is 0. The fraction of sp³-hybridized carbons (Fsp3) is 0.696. The topological polar surface area (TPSA) is 74.8 Å². The molecule has 1 unspecified atom stereocenters. The Labute approximate surface area is 188 Å². The van der Waals surface area contributed by atoms with Gasteiger partial charge in [0.2, 0.25) is 0 Å². The molecular weight excluding hydrogens is 412 g/mol. The van der Waals surface area contributed by atoms with Gasteiger partial charge in [-0.05, 0) is 71.6 Å². The third-order valence-corrected chi connectivity index (χ3v) is 7.26. The number of thiazole rings is 1. The van der Waals surface area contributed by atoms with Crippen LogP contribution >= 0.6 is 11.3 Å². The number of amides is 2. The van der Waals surface area contributed by atoms with Crippen LogP contribution in [0, 0.1) is 5.92 Å². The van der Waals surface area contributed by atoms with Crippen molar-refractivity contribution in [2.24, 2.45) is 5.92 Å². The summed E-state index contributed by atoms with van der Waals surface area (Å²) >= 11 is 1.58. The summed E-state index contributed by atoms with van der Waals surface area (Å²) in [5, 5.41) is 7.48. The predicted molar refractivity (Wildman–Crippen MR) is 121 cm³/mol. The Kier molecular flexibility index (Phi) is 6.67. The first kappa shape index (κ1) is 22.3. The molecule has 0 saturated carbocycles. The van der Waals surface area contributed by atoms with Crippen molar-refractivity contribution in [2.45, 2.75) is 77.2 Å². The third kappa shape index (κ3) is 5.47. The SMILES string of the molecule is CC(C)(C)NC(=O)ON1CCC(c2nc(C(=O)N3CCCC4CCCC=C43)cs2)CC1. The summed E-state index contributed by atoms with van der Waals surface area (Å²) in [5.41, 5.74) is 1.49. The van der Waals surface area contributed by atoms with Gasteiger partial charge in [0.1, 0.15) is 5.69 Å². The fourth-order valence-electron chi connectivity index (χ4n) is 4.75. The minimum absolute atomic E-state index is 0.0555. The Morgan fingerprint density at radius 3 is 2.58 bits per heavy atom. The molecule has 3 heterocycles. The van der Waals surface area contributed by atoms with Gasteiger partial charge in [-0.25, -0.2) is 9.78 Å². The molecule has 0 aromatic carbocycles. The molecule has 2 amide bonds. The van der Waals surface area contributed by atoms with Crippen molar-refractivity contribution in [3.63, 3.8) is 0 Å². The van der Waals surface area contributed by atoms with Crippen LogP contribution in [0.1, 0.15) is 87.1 Å². The summed E-state index contributed by atoms with van der Waals surface area (Å²) in [5.74, 6) is 0.907. The highest BCUT2D eigenvalue weighted by molar-refractivity contribution is 7.09. The van der Waals surface area contributed by atoms with E-state index in [1.54, 1.807) is 16.4 Å². The van der Waals surface area contributed by atoms with Gasteiger partial charge in [0.25, 0.3) is 5.91 Å². The molecule has 3 aliphatic rings. The summed E-state index contributed by atoms with van der Waals surface area (Å²) in [4.78, 5) is 37.3. The lowest BCUT2D eigenvalue weighted by Gasteiger charge is -2.37. The van der Waals surface area contributed by atoms with Crippen LogP contribution in [-0.4, -0.2) is 52.1 Å². The molecule has 4 rings (SSSR count). The van der Waals surface area contributed by atoms with Gasteiger partial charge in [0.05, 0.1) is 5.01 Å². The number of hydrogen-bond donors (Lipinski definition) is 1. The van der Waals surface area contributed by atoms with Gasteiger partial charge in [0, 0.05) is 42.2 Å². The van der Waals surface area contributed by atoms with Crippen molar-refractivity contribution in [2.75, 3.05) is 19.6 Å². The Bertz CT molecular complexity index is 836. The third-order valence-electron chi connectivity index (χ3n) is 6.25. The number of likely N-dealkylation sites (tertiary alicyclic amines) is 1. The maximum Gasteiger partial charge on any atom is 0.426 e. The van der Waals surface area contributed by atoms with Gasteiger partial charge in [-0.2, -0.15) is 0 Å². The Hall–Kier alpha value is -1.93. The fourth-order valence-corrected chi connectivity index (χ4v) is 5.71. The first-order valence-electron chi connectivity index (χ1n) is 11.5. The van der Waals surface area contributed by atoms with Crippen LogP contribution in [0.15, 0.2) is 17.2 Å². The lowest BCUT2D eigenvalue weighted by Crippen LogP contribution is -2.45. The maximum absolute atomic E-state index is 13.2. The highest BCUT2D eigenvalue weighted by atomic mass is 32.1. The quantitative estimate of drug-likeness (QED) is 0.730. The molecule has 7 nitrogen and oxygen atoms in total. The van der Waals surface area contributed by atoms with E-state index in [1.807, 2.05) is 31.1 Å². The summed E-state index contributed by atoms with van der Waals surface area (Å²) in [6, 6.07) is 0. The second-order valence-electron chi connectivity index (χ2n) is 9.88. The number of nitrogens with one attached hydrogen (secondary N) is 1. The minimum Gasteiger partial charge on any atom is -0.351 e. The van der Waals surface area contributed by atoms with Gasteiger partial charge in [-0.15, -0.1) is 16.4 Å². The van der Waals surface area contributed by atoms with E-state index in [0.717, 1.165) is 37.2 Å². The lowest BCUT2D eigenvalue weighted by molar-refractivity contribution is -0.115. The molecule has 0 spiro atoms. The molecule has 1 aromatic rings. The molecule has 2 fully saturated rings. The molecule has 0 radical (unpaired) electrons. The van der Waals surface area contributed by atoms with E-state index in [0.29, 0.717) is 30.6 Å². The number of fused-ring (bicyclic) bond motifs is 1. The highest BCUT2D eigenvalue weighted by Crippen LogP contribution is 2.36. The largest absolute Gasteiger partial charge is 0.426 e. The first-order chi connectivity index (χ1) is 14.8. The number of carbonyl (C=O) groups excluding carboxylic acids is 2. The van der Waals surface area contributed by atoms with Crippen LogP contribution < -0.4 is 5.32 Å². The van der Waals surface area contributed by atoms with Gasteiger partial charge in [-0.1, -0.05) is 6.08 Å². The van der Waals surface area contributed by atoms with E-state index < -0.39 is 6.09 Å². The summed E-state index contributed by atoms with van der Waals surface area (Å²) in [7, 11) is 0. The van der Waals surface area contributed by atoms with Crippen LogP contribution in [0.4, 0.5) is 4.79 Å². The Morgan fingerprint density at radius 2 is 1.84 bits per heavy atom. The number of piperidine rings is 2. The molecule has 170 valence electrons. The number of rotatable bonds is 3. The standard InChI is InChI=1S/C23H34N4O3S/c1-23(2,3)25-22(29)30-26-13-10-17(11-14-26)20-24-18(15-31-20)21(28)27-12-6-8-16-7-4-5-9-19(16)27/h9,15-17H,4-8,10-14H2,1-3H3,(H,25,29). The molecule has 8 heteroatoms. The molecule has 1 aromatic heterocycles. The number of allylic oxidation sites excluding steroid dienone is 2. The van der Waals surface area contributed by atoms with Crippen molar-refractivity contribution < 1.29 is 14.4 Å². The van der Waals surface area contributed by atoms with Gasteiger partial charge in [0.15, 0.2) is 0 Å². The van der Waals surface area contributed by atoms with Crippen molar-refractivity contribution in [1.29, 1.82) is 0 Å². The second-order valence-corrected chi connectivity index (χ2v) is 10.8. The molecule has 31 heavy (non-hydrogen) atoms. The van der Waals surface area contributed by atoms with E-state index >= 15 is 0 Å². The molecular formula is C23H34N4O3S.